The molecule has 1 fully saturated rings. The highest BCUT2D eigenvalue weighted by Crippen LogP contribution is 2.12. The Hall–Kier alpha value is -1.39. The van der Waals surface area contributed by atoms with Gasteiger partial charge in [-0.25, -0.2) is 0 Å². The molecule has 1 aromatic rings. The Morgan fingerprint density at radius 1 is 1.30 bits per heavy atom. The van der Waals surface area contributed by atoms with Crippen LogP contribution in [0.25, 0.3) is 0 Å². The number of hydrogen-bond donors (Lipinski definition) is 2. The topological polar surface area (TPSA) is 58.4 Å². The molecule has 0 aliphatic carbocycles. The number of nitrogens with one attached hydrogen (secondary N) is 1. The van der Waals surface area contributed by atoms with Gasteiger partial charge in [-0.2, -0.15) is 0 Å². The predicted octanol–water partition coefficient (Wildman–Crippen LogP) is 2.00. The van der Waals surface area contributed by atoms with E-state index in [1.165, 1.54) is 5.56 Å². The van der Waals surface area contributed by atoms with Gasteiger partial charge in [-0.15, -0.1) is 0 Å². The number of carbonyl (C=O) groups excluding carboxylic acids is 1. The number of rotatable bonds is 5. The van der Waals surface area contributed by atoms with Gasteiger partial charge >= 0.3 is 0 Å². The van der Waals surface area contributed by atoms with Crippen molar-refractivity contribution < 1.29 is 4.79 Å². The first-order valence-electron chi connectivity index (χ1n) is 7.54. The average Bonchev–Trinajstić information content (AvgIpc) is 2.44. The maximum absolute atomic E-state index is 12.0. The van der Waals surface area contributed by atoms with Crippen LogP contribution in [0.1, 0.15) is 31.7 Å². The minimum atomic E-state index is 0.0590. The van der Waals surface area contributed by atoms with Crippen LogP contribution in [0.2, 0.25) is 0 Å². The molecule has 1 aliphatic heterocycles. The average molecular weight is 275 g/mol. The van der Waals surface area contributed by atoms with E-state index in [-0.39, 0.29) is 5.91 Å². The summed E-state index contributed by atoms with van der Waals surface area (Å²) >= 11 is 0. The van der Waals surface area contributed by atoms with Crippen molar-refractivity contribution >= 4 is 11.6 Å². The number of aryl methyl sites for hydroxylation is 1. The van der Waals surface area contributed by atoms with Gasteiger partial charge in [0.2, 0.25) is 5.91 Å². The number of nitrogens with zero attached hydrogens (tertiary/aromatic N) is 1. The van der Waals surface area contributed by atoms with Gasteiger partial charge in [-0.1, -0.05) is 25.5 Å². The van der Waals surface area contributed by atoms with Crippen LogP contribution in [0.15, 0.2) is 24.3 Å². The van der Waals surface area contributed by atoms with Crippen LogP contribution < -0.4 is 11.1 Å². The Morgan fingerprint density at radius 2 is 1.95 bits per heavy atom. The van der Waals surface area contributed by atoms with Gasteiger partial charge in [-0.3, -0.25) is 9.69 Å². The largest absolute Gasteiger partial charge is 0.328 e. The standard InChI is InChI=1S/C16H25N3O/c1-2-3-13-4-6-15(7-5-13)18-16(20)12-19-10-8-14(17)9-11-19/h4-7,14H,2-3,8-12,17H2,1H3,(H,18,20). The summed E-state index contributed by atoms with van der Waals surface area (Å²) in [5.74, 6) is 0.0590. The molecule has 0 bridgehead atoms. The Labute approximate surface area is 121 Å². The third-order valence-corrected chi connectivity index (χ3v) is 3.78. The smallest absolute Gasteiger partial charge is 0.238 e. The van der Waals surface area contributed by atoms with E-state index in [0.29, 0.717) is 12.6 Å². The normalized spacial score (nSPS) is 17.1. The molecule has 20 heavy (non-hydrogen) atoms. The number of benzene rings is 1. The van der Waals surface area contributed by atoms with E-state index in [2.05, 4.69) is 29.3 Å². The monoisotopic (exact) mass is 275 g/mol. The van der Waals surface area contributed by atoms with E-state index in [1.54, 1.807) is 0 Å². The molecule has 0 spiro atoms. The van der Waals surface area contributed by atoms with Crippen LogP contribution >= 0.6 is 0 Å². The first kappa shape index (κ1) is 15.0. The van der Waals surface area contributed by atoms with Crippen molar-refractivity contribution in [2.24, 2.45) is 5.73 Å². The van der Waals surface area contributed by atoms with Gasteiger partial charge in [0, 0.05) is 24.8 Å². The molecule has 110 valence electrons. The van der Waals surface area contributed by atoms with Crippen molar-refractivity contribution in [2.45, 2.75) is 38.6 Å². The number of amides is 1. The molecular formula is C16H25N3O. The lowest BCUT2D eigenvalue weighted by atomic mass is 10.1. The zero-order chi connectivity index (χ0) is 14.4. The highest BCUT2D eigenvalue weighted by Gasteiger charge is 2.18. The molecule has 1 saturated heterocycles. The van der Waals surface area contributed by atoms with E-state index >= 15 is 0 Å². The molecular weight excluding hydrogens is 250 g/mol. The molecule has 2 rings (SSSR count). The van der Waals surface area contributed by atoms with Crippen molar-refractivity contribution in [3.8, 4) is 0 Å². The first-order valence-corrected chi connectivity index (χ1v) is 7.54. The SMILES string of the molecule is CCCc1ccc(NC(=O)CN2CCC(N)CC2)cc1. The summed E-state index contributed by atoms with van der Waals surface area (Å²) < 4.78 is 0. The summed E-state index contributed by atoms with van der Waals surface area (Å²) in [6.45, 7) is 4.47. The van der Waals surface area contributed by atoms with Crippen molar-refractivity contribution in [1.82, 2.24) is 4.90 Å². The number of likely N-dealkylation sites (tertiary alicyclic amines) is 1. The molecule has 0 unspecified atom stereocenters. The second kappa shape index (κ2) is 7.41. The van der Waals surface area contributed by atoms with Crippen LogP contribution in [0.3, 0.4) is 0 Å². The lowest BCUT2D eigenvalue weighted by Gasteiger charge is -2.29. The number of nitrogens with two attached hydrogens (primary N) is 1. The Balaban J connectivity index is 1.79. The maximum atomic E-state index is 12.0. The summed E-state index contributed by atoms with van der Waals surface area (Å²) in [5.41, 5.74) is 8.06. The molecule has 1 aromatic carbocycles. The van der Waals surface area contributed by atoms with E-state index < -0.39 is 0 Å². The van der Waals surface area contributed by atoms with Gasteiger partial charge in [-0.05, 0) is 37.0 Å². The van der Waals surface area contributed by atoms with Crippen LogP contribution in [-0.4, -0.2) is 36.5 Å². The van der Waals surface area contributed by atoms with Crippen molar-refractivity contribution in [3.05, 3.63) is 29.8 Å². The molecule has 1 amide bonds. The Bertz CT molecular complexity index is 422. The van der Waals surface area contributed by atoms with E-state index in [1.807, 2.05) is 12.1 Å². The van der Waals surface area contributed by atoms with E-state index in [9.17, 15) is 4.79 Å². The van der Waals surface area contributed by atoms with Crippen molar-refractivity contribution in [2.75, 3.05) is 25.0 Å². The summed E-state index contributed by atoms with van der Waals surface area (Å²) in [6, 6.07) is 8.43. The fraction of sp³-hybridized carbons (Fsp3) is 0.562. The molecule has 1 aliphatic rings. The molecule has 0 atom stereocenters. The van der Waals surface area contributed by atoms with Crippen LogP contribution in [-0.2, 0) is 11.2 Å². The Morgan fingerprint density at radius 3 is 2.55 bits per heavy atom. The molecule has 3 N–H and O–H groups in total. The lowest BCUT2D eigenvalue weighted by Crippen LogP contribution is -2.43. The Kier molecular flexibility index (Phi) is 5.56. The third-order valence-electron chi connectivity index (χ3n) is 3.78. The van der Waals surface area contributed by atoms with Crippen molar-refractivity contribution in [1.29, 1.82) is 0 Å². The fourth-order valence-electron chi connectivity index (χ4n) is 2.56. The lowest BCUT2D eigenvalue weighted by molar-refractivity contribution is -0.117. The quantitative estimate of drug-likeness (QED) is 0.864. The van der Waals surface area contributed by atoms with Gasteiger partial charge < -0.3 is 11.1 Å². The molecule has 0 aromatic heterocycles. The zero-order valence-corrected chi connectivity index (χ0v) is 12.3. The second-order valence-electron chi connectivity index (χ2n) is 5.61. The van der Waals surface area contributed by atoms with Crippen molar-refractivity contribution in [3.63, 3.8) is 0 Å². The molecule has 4 nitrogen and oxygen atoms in total. The van der Waals surface area contributed by atoms with Gasteiger partial charge in [0.15, 0.2) is 0 Å². The highest BCUT2D eigenvalue weighted by molar-refractivity contribution is 5.92. The van der Waals surface area contributed by atoms with Crippen LogP contribution in [0, 0.1) is 0 Å². The second-order valence-corrected chi connectivity index (χ2v) is 5.61. The number of carbonyl (C=O) groups is 1. The minimum absolute atomic E-state index is 0.0590. The molecule has 0 saturated carbocycles. The fourth-order valence-corrected chi connectivity index (χ4v) is 2.56. The zero-order valence-electron chi connectivity index (χ0n) is 12.3. The molecule has 0 radical (unpaired) electrons. The summed E-state index contributed by atoms with van der Waals surface area (Å²) in [6.07, 6.45) is 4.20. The number of anilines is 1. The number of piperidine rings is 1. The summed E-state index contributed by atoms with van der Waals surface area (Å²) in [4.78, 5) is 14.2. The number of hydrogen-bond acceptors (Lipinski definition) is 3. The van der Waals surface area contributed by atoms with Crippen LogP contribution in [0.5, 0.6) is 0 Å². The van der Waals surface area contributed by atoms with Gasteiger partial charge in [0.25, 0.3) is 0 Å². The van der Waals surface area contributed by atoms with E-state index in [4.69, 9.17) is 5.73 Å². The summed E-state index contributed by atoms with van der Waals surface area (Å²) in [5, 5.41) is 2.96. The minimum Gasteiger partial charge on any atom is -0.328 e. The summed E-state index contributed by atoms with van der Waals surface area (Å²) in [7, 11) is 0. The van der Waals surface area contributed by atoms with E-state index in [0.717, 1.165) is 44.5 Å². The third kappa shape index (κ3) is 4.62. The van der Waals surface area contributed by atoms with Gasteiger partial charge in [0.05, 0.1) is 6.54 Å². The van der Waals surface area contributed by atoms with Gasteiger partial charge in [0.1, 0.15) is 0 Å². The highest BCUT2D eigenvalue weighted by atomic mass is 16.2. The molecule has 4 heteroatoms. The maximum Gasteiger partial charge on any atom is 0.238 e. The molecule has 1 heterocycles. The predicted molar refractivity (Wildman–Crippen MR) is 82.7 cm³/mol. The first-order chi connectivity index (χ1) is 9.67. The van der Waals surface area contributed by atoms with Crippen LogP contribution in [0.4, 0.5) is 5.69 Å².